The van der Waals surface area contributed by atoms with Crippen molar-refractivity contribution >= 4 is 34.2 Å². The molecule has 0 fully saturated rings. The molecule has 2 aromatic rings. The molecule has 7 heteroatoms. The van der Waals surface area contributed by atoms with Crippen LogP contribution in [-0.4, -0.2) is 22.6 Å². The van der Waals surface area contributed by atoms with Gasteiger partial charge >= 0.3 is 6.09 Å². The Hall–Kier alpha value is -2.41. The summed E-state index contributed by atoms with van der Waals surface area (Å²) in [6, 6.07) is 6.60. The summed E-state index contributed by atoms with van der Waals surface area (Å²) in [5, 5.41) is 7.58. The monoisotopic (exact) mass is 319 g/mol. The van der Waals surface area contributed by atoms with Crippen LogP contribution >= 0.6 is 11.3 Å². The highest BCUT2D eigenvalue weighted by Gasteiger charge is 2.16. The molecule has 2 rings (SSSR count). The normalized spacial score (nSPS) is 10.9. The number of nitrogens with one attached hydrogen (secondary N) is 2. The van der Waals surface area contributed by atoms with Gasteiger partial charge in [-0.05, 0) is 39.0 Å². The lowest BCUT2D eigenvalue weighted by Gasteiger charge is -2.19. The number of anilines is 2. The molecule has 0 atom stereocenters. The van der Waals surface area contributed by atoms with E-state index in [0.717, 1.165) is 0 Å². The van der Waals surface area contributed by atoms with E-state index >= 15 is 0 Å². The van der Waals surface area contributed by atoms with Crippen LogP contribution in [0.2, 0.25) is 0 Å². The van der Waals surface area contributed by atoms with Gasteiger partial charge in [-0.15, -0.1) is 11.3 Å². The zero-order chi connectivity index (χ0) is 16.2. The molecule has 2 N–H and O–H groups in total. The van der Waals surface area contributed by atoms with Crippen LogP contribution in [-0.2, 0) is 4.74 Å². The van der Waals surface area contributed by atoms with Crippen molar-refractivity contribution < 1.29 is 14.3 Å². The number of hydrogen-bond acceptors (Lipinski definition) is 5. The van der Waals surface area contributed by atoms with E-state index in [2.05, 4.69) is 15.6 Å². The first-order chi connectivity index (χ1) is 10.3. The fourth-order valence-corrected chi connectivity index (χ4v) is 2.14. The quantitative estimate of drug-likeness (QED) is 0.903. The van der Waals surface area contributed by atoms with E-state index in [0.29, 0.717) is 16.4 Å². The van der Waals surface area contributed by atoms with Gasteiger partial charge in [0, 0.05) is 22.8 Å². The number of aromatic nitrogens is 1. The average molecular weight is 319 g/mol. The first kappa shape index (κ1) is 16.0. The SMILES string of the molecule is CC(C)(C)OC(=O)Nc1cccc(C(=O)Nc2nccs2)c1. The van der Waals surface area contributed by atoms with Gasteiger partial charge in [0.05, 0.1) is 0 Å². The first-order valence-electron chi connectivity index (χ1n) is 6.64. The minimum atomic E-state index is -0.579. The van der Waals surface area contributed by atoms with E-state index in [1.54, 1.807) is 56.6 Å². The molecular formula is C15H17N3O3S. The molecule has 0 aliphatic heterocycles. The standard InChI is InChI=1S/C15H17N3O3S/c1-15(2,3)21-14(20)17-11-6-4-5-10(9-11)12(19)18-13-16-7-8-22-13/h4-9H,1-3H3,(H,17,20)(H,16,18,19). The minimum absolute atomic E-state index is 0.289. The van der Waals surface area contributed by atoms with Crippen molar-refractivity contribution in [2.45, 2.75) is 26.4 Å². The van der Waals surface area contributed by atoms with Crippen LogP contribution in [0.1, 0.15) is 31.1 Å². The lowest BCUT2D eigenvalue weighted by Crippen LogP contribution is -2.27. The van der Waals surface area contributed by atoms with Crippen molar-refractivity contribution in [1.29, 1.82) is 0 Å². The van der Waals surface area contributed by atoms with Crippen LogP contribution in [0.15, 0.2) is 35.8 Å². The number of carbonyl (C=O) groups is 2. The van der Waals surface area contributed by atoms with E-state index in [9.17, 15) is 9.59 Å². The zero-order valence-electron chi connectivity index (χ0n) is 12.5. The molecule has 1 aromatic carbocycles. The number of ether oxygens (including phenoxy) is 1. The van der Waals surface area contributed by atoms with Gasteiger partial charge in [0.1, 0.15) is 5.60 Å². The molecule has 22 heavy (non-hydrogen) atoms. The van der Waals surface area contributed by atoms with Crippen molar-refractivity contribution in [3.63, 3.8) is 0 Å². The smallest absolute Gasteiger partial charge is 0.412 e. The fraction of sp³-hybridized carbons (Fsp3) is 0.267. The molecule has 0 bridgehead atoms. The number of thiazole rings is 1. The fourth-order valence-electron chi connectivity index (χ4n) is 1.61. The lowest BCUT2D eigenvalue weighted by molar-refractivity contribution is 0.0635. The van der Waals surface area contributed by atoms with Crippen LogP contribution in [0.5, 0.6) is 0 Å². The molecule has 0 radical (unpaired) electrons. The number of hydrogen-bond donors (Lipinski definition) is 2. The van der Waals surface area contributed by atoms with Crippen LogP contribution in [0, 0.1) is 0 Å². The molecule has 0 aliphatic carbocycles. The Morgan fingerprint density at radius 2 is 2.00 bits per heavy atom. The summed E-state index contributed by atoms with van der Waals surface area (Å²) in [5.74, 6) is -0.289. The summed E-state index contributed by atoms with van der Waals surface area (Å²) in [6.45, 7) is 5.35. The van der Waals surface area contributed by atoms with Gasteiger partial charge in [-0.2, -0.15) is 0 Å². The zero-order valence-corrected chi connectivity index (χ0v) is 13.4. The number of nitrogens with zero attached hydrogens (tertiary/aromatic N) is 1. The third-order valence-electron chi connectivity index (χ3n) is 2.42. The number of amides is 2. The molecule has 0 saturated heterocycles. The maximum absolute atomic E-state index is 12.1. The molecule has 0 aliphatic rings. The highest BCUT2D eigenvalue weighted by molar-refractivity contribution is 7.13. The predicted molar refractivity (Wildman–Crippen MR) is 86.4 cm³/mol. The highest BCUT2D eigenvalue weighted by atomic mass is 32.1. The van der Waals surface area contributed by atoms with Gasteiger partial charge in [-0.1, -0.05) is 6.07 Å². The molecular weight excluding hydrogens is 302 g/mol. The third-order valence-corrected chi connectivity index (χ3v) is 3.11. The van der Waals surface area contributed by atoms with E-state index in [4.69, 9.17) is 4.74 Å². The number of rotatable bonds is 3. The first-order valence-corrected chi connectivity index (χ1v) is 7.52. The van der Waals surface area contributed by atoms with Crippen molar-refractivity contribution in [3.05, 3.63) is 41.4 Å². The minimum Gasteiger partial charge on any atom is -0.444 e. The number of carbonyl (C=O) groups excluding carboxylic acids is 2. The van der Waals surface area contributed by atoms with Crippen LogP contribution < -0.4 is 10.6 Å². The van der Waals surface area contributed by atoms with Gasteiger partial charge in [-0.25, -0.2) is 9.78 Å². The van der Waals surface area contributed by atoms with Crippen molar-refractivity contribution in [2.24, 2.45) is 0 Å². The Labute approximate surface area is 132 Å². The Bertz CT molecular complexity index is 663. The summed E-state index contributed by atoms with van der Waals surface area (Å²) < 4.78 is 5.17. The Morgan fingerprint density at radius 3 is 2.64 bits per heavy atom. The molecule has 1 heterocycles. The van der Waals surface area contributed by atoms with Gasteiger partial charge in [0.2, 0.25) is 0 Å². The summed E-state index contributed by atoms with van der Waals surface area (Å²) >= 11 is 1.33. The van der Waals surface area contributed by atoms with Crippen molar-refractivity contribution in [2.75, 3.05) is 10.6 Å². The van der Waals surface area contributed by atoms with Crippen LogP contribution in [0.3, 0.4) is 0 Å². The summed E-state index contributed by atoms with van der Waals surface area (Å²) in [4.78, 5) is 27.8. The molecule has 0 spiro atoms. The Morgan fingerprint density at radius 1 is 1.23 bits per heavy atom. The van der Waals surface area contributed by atoms with E-state index < -0.39 is 11.7 Å². The summed E-state index contributed by atoms with van der Waals surface area (Å²) in [5.41, 5.74) is 0.328. The van der Waals surface area contributed by atoms with Gasteiger partial charge < -0.3 is 4.74 Å². The van der Waals surface area contributed by atoms with Gasteiger partial charge in [0.25, 0.3) is 5.91 Å². The van der Waals surface area contributed by atoms with E-state index in [1.807, 2.05) is 0 Å². The second-order valence-corrected chi connectivity index (χ2v) is 6.39. The highest BCUT2D eigenvalue weighted by Crippen LogP contribution is 2.16. The van der Waals surface area contributed by atoms with Gasteiger partial charge in [-0.3, -0.25) is 15.4 Å². The van der Waals surface area contributed by atoms with E-state index in [1.165, 1.54) is 11.3 Å². The second-order valence-electron chi connectivity index (χ2n) is 5.50. The van der Waals surface area contributed by atoms with Crippen molar-refractivity contribution in [1.82, 2.24) is 4.98 Å². The molecule has 116 valence electrons. The Kier molecular flexibility index (Phi) is 4.77. The Balaban J connectivity index is 2.03. The lowest BCUT2D eigenvalue weighted by atomic mass is 10.2. The molecule has 0 saturated carbocycles. The van der Waals surface area contributed by atoms with Crippen molar-refractivity contribution in [3.8, 4) is 0 Å². The average Bonchev–Trinajstić information content (AvgIpc) is 2.89. The predicted octanol–water partition coefficient (Wildman–Crippen LogP) is 3.74. The third kappa shape index (κ3) is 4.85. The maximum atomic E-state index is 12.1. The second kappa shape index (κ2) is 6.57. The largest absolute Gasteiger partial charge is 0.444 e. The summed E-state index contributed by atoms with van der Waals surface area (Å²) in [7, 11) is 0. The molecule has 0 unspecified atom stereocenters. The van der Waals surface area contributed by atoms with E-state index in [-0.39, 0.29) is 5.91 Å². The maximum Gasteiger partial charge on any atom is 0.412 e. The van der Waals surface area contributed by atoms with Crippen LogP contribution in [0.4, 0.5) is 15.6 Å². The summed E-state index contributed by atoms with van der Waals surface area (Å²) in [6.07, 6.45) is 1.05. The molecule has 1 aromatic heterocycles. The van der Waals surface area contributed by atoms with Gasteiger partial charge in [0.15, 0.2) is 5.13 Å². The topological polar surface area (TPSA) is 80.3 Å². The molecule has 6 nitrogen and oxygen atoms in total. The van der Waals surface area contributed by atoms with Crippen LogP contribution in [0.25, 0.3) is 0 Å². The molecule has 2 amide bonds. The number of benzene rings is 1.